The van der Waals surface area contributed by atoms with Gasteiger partial charge in [0, 0.05) is 19.2 Å². The highest BCUT2D eigenvalue weighted by molar-refractivity contribution is 9.10. The Kier molecular flexibility index (Phi) is 3.22. The molecule has 2 heterocycles. The summed E-state index contributed by atoms with van der Waals surface area (Å²) < 4.78 is 6.02. The lowest BCUT2D eigenvalue weighted by Gasteiger charge is -2.27. The summed E-state index contributed by atoms with van der Waals surface area (Å²) in [4.78, 5) is 12.3. The summed E-state index contributed by atoms with van der Waals surface area (Å²) in [7, 11) is 0. The third-order valence-corrected chi connectivity index (χ3v) is 4.15. The van der Waals surface area contributed by atoms with Crippen LogP contribution in [0.1, 0.15) is 0 Å². The summed E-state index contributed by atoms with van der Waals surface area (Å²) in [5.41, 5.74) is 0. The molecule has 0 bridgehead atoms. The van der Waals surface area contributed by atoms with Crippen LogP contribution in [0.3, 0.4) is 0 Å². The summed E-state index contributed by atoms with van der Waals surface area (Å²) in [6.45, 7) is 2.93. The molecular weight excluding hydrogens is 284 g/mol. The van der Waals surface area contributed by atoms with Crippen LogP contribution in [-0.2, 0) is 4.74 Å². The molecular formula is C8H9BrN2O3S. The largest absolute Gasteiger partial charge is 0.378 e. The Bertz CT molecular complexity index is 376. The average Bonchev–Trinajstić information content (AvgIpc) is 2.62. The summed E-state index contributed by atoms with van der Waals surface area (Å²) in [6, 6.07) is 1.55. The molecule has 1 aliphatic heterocycles. The molecule has 0 radical (unpaired) electrons. The standard InChI is InChI=1S/C8H9BrN2O3S/c9-6-5-7(11(12)13)15-8(6)10-1-3-14-4-2-10/h5H,1-4H2. The van der Waals surface area contributed by atoms with Crippen molar-refractivity contribution in [3.63, 3.8) is 0 Å². The second-order valence-corrected chi connectivity index (χ2v) is 4.96. The van der Waals surface area contributed by atoms with Crippen LogP contribution in [0.15, 0.2) is 10.5 Å². The van der Waals surface area contributed by atoms with Gasteiger partial charge in [0.15, 0.2) is 0 Å². The molecule has 0 N–H and O–H groups in total. The van der Waals surface area contributed by atoms with Crippen LogP contribution in [0, 0.1) is 10.1 Å². The number of rotatable bonds is 2. The van der Waals surface area contributed by atoms with Crippen molar-refractivity contribution in [3.05, 3.63) is 20.7 Å². The highest BCUT2D eigenvalue weighted by Gasteiger charge is 2.21. The zero-order valence-electron chi connectivity index (χ0n) is 7.81. The van der Waals surface area contributed by atoms with E-state index >= 15 is 0 Å². The molecule has 0 aromatic carbocycles. The van der Waals surface area contributed by atoms with Gasteiger partial charge in [0.05, 0.1) is 22.6 Å². The lowest BCUT2D eigenvalue weighted by molar-refractivity contribution is -0.380. The second kappa shape index (κ2) is 4.46. The summed E-state index contributed by atoms with van der Waals surface area (Å²) in [6.07, 6.45) is 0. The molecule has 1 aromatic heterocycles. The summed E-state index contributed by atoms with van der Waals surface area (Å²) >= 11 is 4.54. The molecule has 1 saturated heterocycles. The molecule has 82 valence electrons. The predicted octanol–water partition coefficient (Wildman–Crippen LogP) is 2.26. The van der Waals surface area contributed by atoms with Crippen LogP contribution < -0.4 is 4.90 Å². The van der Waals surface area contributed by atoms with Crippen LogP contribution in [0.4, 0.5) is 10.0 Å². The topological polar surface area (TPSA) is 55.6 Å². The normalized spacial score (nSPS) is 16.7. The molecule has 7 heteroatoms. The number of nitrogens with zero attached hydrogens (tertiary/aromatic N) is 2. The van der Waals surface area contributed by atoms with Crippen LogP contribution in [0.2, 0.25) is 0 Å². The van der Waals surface area contributed by atoms with E-state index in [4.69, 9.17) is 4.74 Å². The number of hydrogen-bond acceptors (Lipinski definition) is 5. The first kappa shape index (κ1) is 10.8. The van der Waals surface area contributed by atoms with Gasteiger partial charge in [-0.15, -0.1) is 0 Å². The minimum absolute atomic E-state index is 0.170. The summed E-state index contributed by atoms with van der Waals surface area (Å²) in [5, 5.41) is 11.7. The Morgan fingerprint density at radius 1 is 1.53 bits per heavy atom. The van der Waals surface area contributed by atoms with Gasteiger partial charge in [-0.25, -0.2) is 0 Å². The van der Waals surface area contributed by atoms with E-state index in [9.17, 15) is 10.1 Å². The first-order chi connectivity index (χ1) is 7.18. The van der Waals surface area contributed by atoms with E-state index in [0.29, 0.717) is 13.2 Å². The Balaban J connectivity index is 2.22. The van der Waals surface area contributed by atoms with Gasteiger partial charge in [0.2, 0.25) is 0 Å². The molecule has 1 aliphatic rings. The van der Waals surface area contributed by atoms with Crippen molar-refractivity contribution in [2.45, 2.75) is 0 Å². The molecule has 0 saturated carbocycles. The monoisotopic (exact) mass is 292 g/mol. The van der Waals surface area contributed by atoms with Gasteiger partial charge in [0.25, 0.3) is 0 Å². The van der Waals surface area contributed by atoms with Gasteiger partial charge in [0.1, 0.15) is 5.00 Å². The highest BCUT2D eigenvalue weighted by atomic mass is 79.9. The highest BCUT2D eigenvalue weighted by Crippen LogP contribution is 2.40. The Hall–Kier alpha value is -0.660. The average molecular weight is 293 g/mol. The van der Waals surface area contributed by atoms with E-state index in [-0.39, 0.29) is 9.92 Å². The maximum atomic E-state index is 10.6. The van der Waals surface area contributed by atoms with E-state index < -0.39 is 0 Å². The van der Waals surface area contributed by atoms with Crippen LogP contribution in [0.5, 0.6) is 0 Å². The van der Waals surface area contributed by atoms with Crippen molar-refractivity contribution in [3.8, 4) is 0 Å². The number of morpholine rings is 1. The maximum absolute atomic E-state index is 10.6. The van der Waals surface area contributed by atoms with E-state index in [0.717, 1.165) is 22.6 Å². The van der Waals surface area contributed by atoms with E-state index in [1.165, 1.54) is 11.3 Å². The molecule has 1 fully saturated rings. The fourth-order valence-corrected chi connectivity index (χ4v) is 3.20. The Morgan fingerprint density at radius 3 is 2.73 bits per heavy atom. The lowest BCUT2D eigenvalue weighted by Crippen LogP contribution is -2.35. The van der Waals surface area contributed by atoms with Gasteiger partial charge in [-0.05, 0) is 27.3 Å². The fourth-order valence-electron chi connectivity index (χ4n) is 1.42. The minimum atomic E-state index is -0.362. The Morgan fingerprint density at radius 2 is 2.20 bits per heavy atom. The van der Waals surface area contributed by atoms with E-state index in [1.54, 1.807) is 6.07 Å². The molecule has 2 rings (SSSR count). The van der Waals surface area contributed by atoms with Crippen LogP contribution >= 0.6 is 27.3 Å². The Labute approximate surface area is 98.9 Å². The van der Waals surface area contributed by atoms with Gasteiger partial charge < -0.3 is 9.64 Å². The number of nitro groups is 1. The van der Waals surface area contributed by atoms with Crippen molar-refractivity contribution in [1.29, 1.82) is 0 Å². The molecule has 0 unspecified atom stereocenters. The zero-order chi connectivity index (χ0) is 10.8. The van der Waals surface area contributed by atoms with Gasteiger partial charge in [-0.2, -0.15) is 0 Å². The van der Waals surface area contributed by atoms with Crippen molar-refractivity contribution < 1.29 is 9.66 Å². The van der Waals surface area contributed by atoms with Crippen molar-refractivity contribution in [2.75, 3.05) is 31.2 Å². The number of anilines is 1. The molecule has 0 amide bonds. The molecule has 5 nitrogen and oxygen atoms in total. The number of thiophene rings is 1. The molecule has 15 heavy (non-hydrogen) atoms. The minimum Gasteiger partial charge on any atom is -0.378 e. The van der Waals surface area contributed by atoms with E-state index in [2.05, 4.69) is 20.8 Å². The van der Waals surface area contributed by atoms with Gasteiger partial charge in [-0.1, -0.05) is 0 Å². The van der Waals surface area contributed by atoms with Gasteiger partial charge in [-0.3, -0.25) is 10.1 Å². The SMILES string of the molecule is O=[N+]([O-])c1cc(Br)c(N2CCOCC2)s1. The van der Waals surface area contributed by atoms with Gasteiger partial charge >= 0.3 is 5.00 Å². The number of halogens is 1. The molecule has 0 aliphatic carbocycles. The second-order valence-electron chi connectivity index (χ2n) is 3.09. The summed E-state index contributed by atoms with van der Waals surface area (Å²) in [5.74, 6) is 0. The zero-order valence-corrected chi connectivity index (χ0v) is 10.2. The van der Waals surface area contributed by atoms with E-state index in [1.807, 2.05) is 0 Å². The maximum Gasteiger partial charge on any atom is 0.327 e. The molecule has 1 aromatic rings. The van der Waals surface area contributed by atoms with Crippen LogP contribution in [-0.4, -0.2) is 31.2 Å². The first-order valence-electron chi connectivity index (χ1n) is 4.45. The third kappa shape index (κ3) is 2.30. The molecule has 0 atom stereocenters. The fraction of sp³-hybridized carbons (Fsp3) is 0.500. The van der Waals surface area contributed by atoms with Crippen molar-refractivity contribution >= 4 is 37.3 Å². The first-order valence-corrected chi connectivity index (χ1v) is 6.06. The van der Waals surface area contributed by atoms with Crippen molar-refractivity contribution in [1.82, 2.24) is 0 Å². The predicted molar refractivity (Wildman–Crippen MR) is 61.7 cm³/mol. The van der Waals surface area contributed by atoms with Crippen LogP contribution in [0.25, 0.3) is 0 Å². The molecule has 0 spiro atoms. The number of hydrogen-bond donors (Lipinski definition) is 0. The van der Waals surface area contributed by atoms with Crippen molar-refractivity contribution in [2.24, 2.45) is 0 Å². The quantitative estimate of drug-likeness (QED) is 0.620. The number of ether oxygens (including phenoxy) is 1. The lowest BCUT2D eigenvalue weighted by atomic mass is 10.4. The third-order valence-electron chi connectivity index (χ3n) is 2.13. The smallest absolute Gasteiger partial charge is 0.327 e.